The fraction of sp³-hybridized carbons (Fsp3) is 0.167. The van der Waals surface area contributed by atoms with Crippen molar-refractivity contribution in [3.63, 3.8) is 0 Å². The molecule has 2 heterocycles. The van der Waals surface area contributed by atoms with E-state index >= 15 is 0 Å². The summed E-state index contributed by atoms with van der Waals surface area (Å²) in [6, 6.07) is 17.5. The number of rotatable bonds is 6. The molecule has 0 bridgehead atoms. The van der Waals surface area contributed by atoms with Gasteiger partial charge in [0, 0.05) is 23.6 Å². The van der Waals surface area contributed by atoms with E-state index in [1.165, 1.54) is 41.3 Å². The van der Waals surface area contributed by atoms with Crippen molar-refractivity contribution >= 4 is 17.6 Å². The first-order valence-corrected chi connectivity index (χ1v) is 12.4. The van der Waals surface area contributed by atoms with Crippen molar-refractivity contribution in [3.8, 4) is 5.69 Å². The van der Waals surface area contributed by atoms with Gasteiger partial charge in [0.1, 0.15) is 17.7 Å². The van der Waals surface area contributed by atoms with Gasteiger partial charge in [0.05, 0.1) is 16.9 Å². The van der Waals surface area contributed by atoms with Gasteiger partial charge in [0.25, 0.3) is 11.8 Å². The van der Waals surface area contributed by atoms with Crippen LogP contribution in [0.1, 0.15) is 38.7 Å². The summed E-state index contributed by atoms with van der Waals surface area (Å²) in [7, 11) is 0. The number of hydrogen-bond acceptors (Lipinski definition) is 3. The summed E-state index contributed by atoms with van der Waals surface area (Å²) in [6.45, 7) is 5.61. The van der Waals surface area contributed by atoms with Crippen molar-refractivity contribution < 1.29 is 27.2 Å². The molecule has 2 amide bonds. The molecule has 10 heteroatoms. The number of carbonyl (C=O) groups is 2. The molecule has 1 aliphatic rings. The monoisotopic (exact) mass is 548 g/mol. The van der Waals surface area contributed by atoms with Gasteiger partial charge in [-0.1, -0.05) is 42.5 Å². The minimum absolute atomic E-state index is 0.0792. The average Bonchev–Trinajstić information content (AvgIpc) is 3.28. The Morgan fingerprint density at radius 3 is 2.40 bits per heavy atom. The van der Waals surface area contributed by atoms with Crippen LogP contribution in [-0.4, -0.2) is 34.2 Å². The van der Waals surface area contributed by atoms with E-state index in [0.29, 0.717) is 28.3 Å². The van der Waals surface area contributed by atoms with Gasteiger partial charge in [-0.25, -0.2) is 9.07 Å². The van der Waals surface area contributed by atoms with Crippen LogP contribution < -0.4 is 10.2 Å². The summed E-state index contributed by atoms with van der Waals surface area (Å²) < 4.78 is 55.5. The Morgan fingerprint density at radius 1 is 1.05 bits per heavy atom. The SMILES string of the molecule is C=CCN1C(=O)C(NC(=O)c2cccc(C(F)(F)F)c2)C(c2ccc(F)cc2)c2c(C)nn(-c3ccccc3)c21. The van der Waals surface area contributed by atoms with Gasteiger partial charge >= 0.3 is 6.18 Å². The molecule has 1 aliphatic heterocycles. The number of nitrogens with zero attached hydrogens (tertiary/aromatic N) is 3. The summed E-state index contributed by atoms with van der Waals surface area (Å²) in [6.07, 6.45) is -3.12. The van der Waals surface area contributed by atoms with E-state index in [9.17, 15) is 27.2 Å². The zero-order chi connectivity index (χ0) is 28.6. The molecule has 2 atom stereocenters. The summed E-state index contributed by atoms with van der Waals surface area (Å²) >= 11 is 0. The zero-order valence-corrected chi connectivity index (χ0v) is 21.3. The fourth-order valence-corrected chi connectivity index (χ4v) is 5.02. The third-order valence-electron chi connectivity index (χ3n) is 6.79. The minimum atomic E-state index is -4.65. The summed E-state index contributed by atoms with van der Waals surface area (Å²) in [5, 5.41) is 7.38. The van der Waals surface area contributed by atoms with E-state index in [1.54, 1.807) is 11.6 Å². The molecule has 1 aromatic heterocycles. The number of benzene rings is 3. The first-order valence-electron chi connectivity index (χ1n) is 12.4. The second-order valence-electron chi connectivity index (χ2n) is 9.37. The Hall–Kier alpha value is -4.73. The first kappa shape index (κ1) is 26.9. The predicted molar refractivity (Wildman–Crippen MR) is 142 cm³/mol. The van der Waals surface area contributed by atoms with Gasteiger partial charge in [-0.05, 0) is 55.0 Å². The average molecular weight is 549 g/mol. The molecule has 5 rings (SSSR count). The predicted octanol–water partition coefficient (Wildman–Crippen LogP) is 5.80. The molecule has 40 heavy (non-hydrogen) atoms. The highest BCUT2D eigenvalue weighted by Crippen LogP contribution is 2.43. The molecule has 204 valence electrons. The second kappa shape index (κ2) is 10.4. The number of amides is 2. The van der Waals surface area contributed by atoms with Crippen LogP contribution in [0.3, 0.4) is 0 Å². The third-order valence-corrected chi connectivity index (χ3v) is 6.79. The van der Waals surface area contributed by atoms with Crippen LogP contribution in [0.15, 0.2) is 91.5 Å². The maximum absolute atomic E-state index is 14.1. The van der Waals surface area contributed by atoms with E-state index in [1.807, 2.05) is 30.3 Å². The van der Waals surface area contributed by atoms with Crippen LogP contribution in [0.2, 0.25) is 0 Å². The molecule has 0 saturated heterocycles. The number of aryl methyl sites for hydroxylation is 1. The fourth-order valence-electron chi connectivity index (χ4n) is 5.02. The van der Waals surface area contributed by atoms with Crippen molar-refractivity contribution in [3.05, 3.63) is 125 Å². The number of anilines is 1. The highest BCUT2D eigenvalue weighted by molar-refractivity contribution is 6.05. The Balaban J connectivity index is 1.67. The van der Waals surface area contributed by atoms with Crippen LogP contribution >= 0.6 is 0 Å². The van der Waals surface area contributed by atoms with Gasteiger partial charge in [0.15, 0.2) is 0 Å². The van der Waals surface area contributed by atoms with Crippen molar-refractivity contribution in [2.24, 2.45) is 0 Å². The van der Waals surface area contributed by atoms with Crippen LogP contribution in [0.25, 0.3) is 5.69 Å². The molecule has 0 fully saturated rings. The zero-order valence-electron chi connectivity index (χ0n) is 21.3. The number of para-hydroxylation sites is 1. The Kier molecular flexibility index (Phi) is 7.01. The number of carbonyl (C=O) groups excluding carboxylic acids is 2. The minimum Gasteiger partial charge on any atom is -0.339 e. The molecule has 6 nitrogen and oxygen atoms in total. The number of alkyl halides is 3. The number of nitrogens with one attached hydrogen (secondary N) is 1. The molecule has 0 aliphatic carbocycles. The number of aromatic nitrogens is 2. The molecule has 4 aromatic rings. The van der Waals surface area contributed by atoms with Crippen molar-refractivity contribution in [2.75, 3.05) is 11.4 Å². The van der Waals surface area contributed by atoms with Gasteiger partial charge in [-0.2, -0.15) is 18.3 Å². The summed E-state index contributed by atoms with van der Waals surface area (Å²) in [4.78, 5) is 28.8. The molecular formula is C30H24F4N4O2. The second-order valence-corrected chi connectivity index (χ2v) is 9.37. The lowest BCUT2D eigenvalue weighted by Crippen LogP contribution is -2.55. The quantitative estimate of drug-likeness (QED) is 0.245. The van der Waals surface area contributed by atoms with Crippen molar-refractivity contribution in [1.29, 1.82) is 0 Å². The summed E-state index contributed by atoms with van der Waals surface area (Å²) in [5.74, 6) is -2.20. The van der Waals surface area contributed by atoms with E-state index in [0.717, 1.165) is 18.2 Å². The van der Waals surface area contributed by atoms with E-state index in [4.69, 9.17) is 5.10 Å². The van der Waals surface area contributed by atoms with E-state index in [2.05, 4.69) is 11.9 Å². The van der Waals surface area contributed by atoms with E-state index < -0.39 is 41.3 Å². The van der Waals surface area contributed by atoms with Crippen LogP contribution in [-0.2, 0) is 11.0 Å². The van der Waals surface area contributed by atoms with E-state index in [-0.39, 0.29) is 12.1 Å². The summed E-state index contributed by atoms with van der Waals surface area (Å²) in [5.41, 5.74) is 1.16. The van der Waals surface area contributed by atoms with Gasteiger partial charge in [-0.15, -0.1) is 6.58 Å². The number of fused-ring (bicyclic) bond motifs is 1. The molecule has 0 saturated carbocycles. The molecule has 3 aromatic carbocycles. The van der Waals surface area contributed by atoms with Crippen LogP contribution in [0.5, 0.6) is 0 Å². The van der Waals surface area contributed by atoms with Gasteiger partial charge in [-0.3, -0.25) is 14.5 Å². The number of hydrogen-bond donors (Lipinski definition) is 1. The molecule has 2 unspecified atom stereocenters. The third kappa shape index (κ3) is 4.88. The molecule has 1 N–H and O–H groups in total. The maximum Gasteiger partial charge on any atom is 0.416 e. The van der Waals surface area contributed by atoms with Crippen LogP contribution in [0, 0.1) is 12.7 Å². The van der Waals surface area contributed by atoms with Gasteiger partial charge < -0.3 is 5.32 Å². The Morgan fingerprint density at radius 2 is 1.75 bits per heavy atom. The van der Waals surface area contributed by atoms with Crippen molar-refractivity contribution in [1.82, 2.24) is 15.1 Å². The largest absolute Gasteiger partial charge is 0.416 e. The normalized spacial score (nSPS) is 16.9. The van der Waals surface area contributed by atoms with Crippen LogP contribution in [0.4, 0.5) is 23.4 Å². The molecule has 0 spiro atoms. The smallest absolute Gasteiger partial charge is 0.339 e. The maximum atomic E-state index is 14.1. The standard InChI is InChI=1S/C30H24F4N4O2/c1-3-16-37-28-24(18(2)36-38(28)23-10-5-4-6-11-23)25(19-12-14-22(31)15-13-19)26(29(37)40)35-27(39)20-8-7-9-21(17-20)30(32,33)34/h3-15,17,25-26H,1,16H2,2H3,(H,35,39). The lowest BCUT2D eigenvalue weighted by Gasteiger charge is -2.38. The highest BCUT2D eigenvalue weighted by Gasteiger charge is 2.45. The highest BCUT2D eigenvalue weighted by atomic mass is 19.4. The first-order chi connectivity index (χ1) is 19.1. The van der Waals surface area contributed by atoms with Gasteiger partial charge in [0.2, 0.25) is 0 Å². The van der Waals surface area contributed by atoms with Crippen molar-refractivity contribution in [2.45, 2.75) is 25.1 Å². The molecular weight excluding hydrogens is 524 g/mol. The Bertz CT molecular complexity index is 1580. The lowest BCUT2D eigenvalue weighted by molar-refractivity contribution is -0.137. The lowest BCUT2D eigenvalue weighted by atomic mass is 9.81. The number of halogens is 4. The Labute approximate surface area is 227 Å². The topological polar surface area (TPSA) is 67.2 Å². The molecule has 0 radical (unpaired) electrons.